The molecule has 0 aliphatic rings. The number of methoxy groups -OCH3 is 1. The number of benzene rings is 2. The van der Waals surface area contributed by atoms with Crippen LogP contribution in [0.1, 0.15) is 10.5 Å². The van der Waals surface area contributed by atoms with Crippen molar-refractivity contribution in [3.05, 3.63) is 72.3 Å². The molecule has 2 amide bonds. The Labute approximate surface area is 196 Å². The fourth-order valence-corrected chi connectivity index (χ4v) is 4.26. The number of anilines is 2. The first-order valence-corrected chi connectivity index (χ1v) is 11.3. The summed E-state index contributed by atoms with van der Waals surface area (Å²) in [6, 6.07) is 14.8. The lowest BCUT2D eigenvalue weighted by Crippen LogP contribution is -2.14. The van der Waals surface area contributed by atoms with Crippen molar-refractivity contribution in [2.75, 3.05) is 23.5 Å². The van der Waals surface area contributed by atoms with Gasteiger partial charge in [0.05, 0.1) is 24.7 Å². The van der Waals surface area contributed by atoms with Crippen LogP contribution in [-0.2, 0) is 4.79 Å². The molecule has 0 radical (unpaired) electrons. The molecule has 0 saturated heterocycles. The van der Waals surface area contributed by atoms with E-state index in [4.69, 9.17) is 4.74 Å². The Hall–Kier alpha value is -3.77. The molecule has 0 aliphatic carbocycles. The number of nitrogens with zero attached hydrogens (tertiary/aromatic N) is 4. The number of ether oxygens (including phenoxy) is 1. The lowest BCUT2D eigenvalue weighted by molar-refractivity contribution is -0.113. The molecule has 2 heterocycles. The molecule has 12 heteroatoms. The van der Waals surface area contributed by atoms with Gasteiger partial charge in [-0.15, -0.1) is 10.2 Å². The Bertz CT molecular complexity index is 1260. The molecule has 2 N–H and O–H groups in total. The van der Waals surface area contributed by atoms with Gasteiger partial charge in [-0.25, -0.2) is 9.07 Å². The highest BCUT2D eigenvalue weighted by molar-refractivity contribution is 8.01. The van der Waals surface area contributed by atoms with Crippen molar-refractivity contribution in [2.24, 2.45) is 0 Å². The first-order valence-electron chi connectivity index (χ1n) is 9.54. The molecule has 0 fully saturated rings. The van der Waals surface area contributed by atoms with Gasteiger partial charge >= 0.3 is 0 Å². The number of thioether (sulfide) groups is 1. The van der Waals surface area contributed by atoms with Crippen molar-refractivity contribution >= 4 is 45.7 Å². The Kier molecular flexibility index (Phi) is 6.95. The van der Waals surface area contributed by atoms with E-state index in [9.17, 15) is 14.0 Å². The van der Waals surface area contributed by atoms with Crippen molar-refractivity contribution in [3.63, 3.8) is 0 Å². The average molecular weight is 485 g/mol. The van der Waals surface area contributed by atoms with E-state index < -0.39 is 5.91 Å². The second-order valence-corrected chi connectivity index (χ2v) is 8.70. The zero-order valence-electron chi connectivity index (χ0n) is 17.2. The fourth-order valence-electron chi connectivity index (χ4n) is 2.71. The fraction of sp³-hybridized carbons (Fsp3) is 0.0952. The smallest absolute Gasteiger partial charge is 0.281 e. The Morgan fingerprint density at radius 2 is 1.85 bits per heavy atom. The summed E-state index contributed by atoms with van der Waals surface area (Å²) in [6.45, 7) is 0. The van der Waals surface area contributed by atoms with Gasteiger partial charge in [0.25, 0.3) is 5.91 Å². The van der Waals surface area contributed by atoms with E-state index in [1.807, 2.05) is 18.2 Å². The maximum Gasteiger partial charge on any atom is 0.281 e. The second kappa shape index (κ2) is 10.2. The van der Waals surface area contributed by atoms with Gasteiger partial charge in [0.1, 0.15) is 5.82 Å². The number of para-hydroxylation sites is 1. The molecule has 2 aromatic carbocycles. The minimum atomic E-state index is -0.540. The van der Waals surface area contributed by atoms with Crippen LogP contribution >= 0.6 is 23.1 Å². The molecule has 9 nitrogen and oxygen atoms in total. The van der Waals surface area contributed by atoms with E-state index in [0.29, 0.717) is 15.7 Å². The number of halogens is 1. The standard InChI is InChI=1S/C21H17FN6O3S2/c1-31-16-11-28(15-9-7-13(22)8-10-15)27-18(16)19(30)24-20-25-26-21(33-20)32-12-17(29)23-14-5-3-2-4-6-14/h2-11H,12H2,1H3,(H,23,29)(H,24,25,30). The van der Waals surface area contributed by atoms with Crippen LogP contribution < -0.4 is 15.4 Å². The highest BCUT2D eigenvalue weighted by atomic mass is 32.2. The quantitative estimate of drug-likeness (QED) is 0.289. The van der Waals surface area contributed by atoms with Gasteiger partial charge in [-0.1, -0.05) is 41.3 Å². The molecule has 33 heavy (non-hydrogen) atoms. The van der Waals surface area contributed by atoms with Crippen LogP contribution in [0.3, 0.4) is 0 Å². The summed E-state index contributed by atoms with van der Waals surface area (Å²) < 4.78 is 20.4. The van der Waals surface area contributed by atoms with Gasteiger partial charge in [-0.05, 0) is 36.4 Å². The van der Waals surface area contributed by atoms with Crippen molar-refractivity contribution in [1.29, 1.82) is 0 Å². The van der Waals surface area contributed by atoms with Gasteiger partial charge in [0.15, 0.2) is 15.8 Å². The molecule has 0 atom stereocenters. The van der Waals surface area contributed by atoms with E-state index >= 15 is 0 Å². The zero-order valence-corrected chi connectivity index (χ0v) is 18.8. The minimum Gasteiger partial charge on any atom is -0.493 e. The van der Waals surface area contributed by atoms with E-state index in [1.165, 1.54) is 54.0 Å². The summed E-state index contributed by atoms with van der Waals surface area (Å²) in [5.41, 5.74) is 1.31. The third-order valence-electron chi connectivity index (χ3n) is 4.22. The summed E-state index contributed by atoms with van der Waals surface area (Å²) in [4.78, 5) is 24.8. The Balaban J connectivity index is 1.37. The van der Waals surface area contributed by atoms with Crippen molar-refractivity contribution in [1.82, 2.24) is 20.0 Å². The van der Waals surface area contributed by atoms with E-state index in [-0.39, 0.29) is 34.1 Å². The molecule has 0 bridgehead atoms. The molecular formula is C21H17FN6O3S2. The number of amides is 2. The van der Waals surface area contributed by atoms with Crippen molar-refractivity contribution in [2.45, 2.75) is 4.34 Å². The van der Waals surface area contributed by atoms with Crippen LogP contribution in [0.2, 0.25) is 0 Å². The minimum absolute atomic E-state index is 0.0356. The molecule has 2 aromatic heterocycles. The topological polar surface area (TPSA) is 111 Å². The van der Waals surface area contributed by atoms with Gasteiger partial charge in [0.2, 0.25) is 11.0 Å². The molecule has 4 rings (SSSR count). The Morgan fingerprint density at radius 1 is 1.09 bits per heavy atom. The van der Waals surface area contributed by atoms with Gasteiger partial charge in [0, 0.05) is 5.69 Å². The molecular weight excluding hydrogens is 467 g/mol. The number of carbonyl (C=O) groups excluding carboxylic acids is 2. The Morgan fingerprint density at radius 3 is 2.58 bits per heavy atom. The van der Waals surface area contributed by atoms with Crippen molar-refractivity contribution < 1.29 is 18.7 Å². The number of carbonyl (C=O) groups is 2. The van der Waals surface area contributed by atoms with Crippen LogP contribution in [-0.4, -0.2) is 44.7 Å². The maximum absolute atomic E-state index is 13.2. The molecule has 0 spiro atoms. The first kappa shape index (κ1) is 22.4. The normalized spacial score (nSPS) is 10.6. The van der Waals surface area contributed by atoms with Crippen LogP contribution in [0.25, 0.3) is 5.69 Å². The predicted octanol–water partition coefficient (Wildman–Crippen LogP) is 3.85. The van der Waals surface area contributed by atoms with E-state index in [0.717, 1.165) is 11.3 Å². The number of rotatable bonds is 8. The zero-order chi connectivity index (χ0) is 23.2. The highest BCUT2D eigenvalue weighted by Gasteiger charge is 2.20. The molecule has 4 aromatic rings. The van der Waals surface area contributed by atoms with Crippen LogP contribution in [0.5, 0.6) is 5.75 Å². The number of hydrogen-bond donors (Lipinski definition) is 2. The summed E-state index contributed by atoms with van der Waals surface area (Å²) >= 11 is 2.34. The van der Waals surface area contributed by atoms with Crippen molar-refractivity contribution in [3.8, 4) is 11.4 Å². The first-order chi connectivity index (χ1) is 16.0. The number of nitrogens with one attached hydrogen (secondary N) is 2. The van der Waals surface area contributed by atoms with Gasteiger partial charge in [-0.2, -0.15) is 5.10 Å². The predicted molar refractivity (Wildman–Crippen MR) is 124 cm³/mol. The largest absolute Gasteiger partial charge is 0.493 e. The molecule has 0 saturated carbocycles. The second-order valence-electron chi connectivity index (χ2n) is 6.50. The maximum atomic E-state index is 13.2. The lowest BCUT2D eigenvalue weighted by atomic mass is 10.3. The number of aromatic nitrogens is 4. The number of hydrogen-bond acceptors (Lipinski definition) is 8. The molecule has 0 unspecified atom stereocenters. The van der Waals surface area contributed by atoms with Gasteiger partial charge < -0.3 is 10.1 Å². The monoisotopic (exact) mass is 484 g/mol. The van der Waals surface area contributed by atoms with Gasteiger partial charge in [-0.3, -0.25) is 14.9 Å². The highest BCUT2D eigenvalue weighted by Crippen LogP contribution is 2.27. The summed E-state index contributed by atoms with van der Waals surface area (Å²) in [7, 11) is 1.42. The van der Waals surface area contributed by atoms with E-state index in [1.54, 1.807) is 12.1 Å². The van der Waals surface area contributed by atoms with E-state index in [2.05, 4.69) is 25.9 Å². The summed E-state index contributed by atoms with van der Waals surface area (Å²) in [5.74, 6) is -0.704. The lowest BCUT2D eigenvalue weighted by Gasteiger charge is -2.03. The average Bonchev–Trinajstić information content (AvgIpc) is 3.46. The summed E-state index contributed by atoms with van der Waals surface area (Å²) in [6.07, 6.45) is 1.52. The molecule has 168 valence electrons. The third-order valence-corrected chi connectivity index (χ3v) is 6.19. The van der Waals surface area contributed by atoms with Crippen LogP contribution in [0.4, 0.5) is 15.2 Å². The van der Waals surface area contributed by atoms with Crippen LogP contribution in [0.15, 0.2) is 65.1 Å². The SMILES string of the molecule is COc1cn(-c2ccc(F)cc2)nc1C(=O)Nc1nnc(SCC(=O)Nc2ccccc2)s1. The third kappa shape index (κ3) is 5.73. The summed E-state index contributed by atoms with van der Waals surface area (Å²) in [5, 5.41) is 17.8. The molecule has 0 aliphatic heterocycles. The van der Waals surface area contributed by atoms with Crippen LogP contribution in [0, 0.1) is 5.82 Å².